The summed E-state index contributed by atoms with van der Waals surface area (Å²) in [7, 11) is 0. The van der Waals surface area contributed by atoms with E-state index in [0.717, 1.165) is 35.3 Å². The van der Waals surface area contributed by atoms with Gasteiger partial charge < -0.3 is 15.0 Å². The number of aromatic nitrogens is 3. The van der Waals surface area contributed by atoms with E-state index in [-0.39, 0.29) is 5.91 Å². The fourth-order valence-corrected chi connectivity index (χ4v) is 3.16. The molecule has 0 aliphatic heterocycles. The summed E-state index contributed by atoms with van der Waals surface area (Å²) in [6, 6.07) is 10.2. The van der Waals surface area contributed by atoms with E-state index in [1.165, 1.54) is 0 Å². The Kier molecular flexibility index (Phi) is 5.17. The van der Waals surface area contributed by atoms with Gasteiger partial charge in [0.15, 0.2) is 5.16 Å². The Morgan fingerprint density at radius 1 is 1.30 bits per heavy atom. The van der Waals surface area contributed by atoms with Crippen molar-refractivity contribution in [3.63, 3.8) is 0 Å². The second kappa shape index (κ2) is 7.50. The molecule has 2 aromatic rings. The third-order valence-electron chi connectivity index (χ3n) is 3.57. The maximum atomic E-state index is 11.0. The van der Waals surface area contributed by atoms with Crippen molar-refractivity contribution in [1.82, 2.24) is 14.8 Å². The first kappa shape index (κ1) is 15.9. The Bertz CT molecular complexity index is 655. The van der Waals surface area contributed by atoms with E-state index in [4.69, 9.17) is 10.5 Å². The maximum absolute atomic E-state index is 11.0. The summed E-state index contributed by atoms with van der Waals surface area (Å²) < 4.78 is 7.85. The molecule has 1 aliphatic rings. The number of carbonyl (C=O) groups excluding carboxylic acids is 1. The first-order chi connectivity index (χ1) is 11.2. The quantitative estimate of drug-likeness (QED) is 0.562. The van der Waals surface area contributed by atoms with Gasteiger partial charge in [-0.05, 0) is 25.0 Å². The Morgan fingerprint density at radius 3 is 2.78 bits per heavy atom. The zero-order valence-electron chi connectivity index (χ0n) is 12.9. The number of amides is 1. The summed E-state index contributed by atoms with van der Waals surface area (Å²) in [5.41, 5.74) is 5.22. The number of nitrogens with two attached hydrogens (primary N) is 1. The summed E-state index contributed by atoms with van der Waals surface area (Å²) in [6.45, 7) is 0.614. The van der Waals surface area contributed by atoms with Crippen LogP contribution in [0, 0.1) is 0 Å². The van der Waals surface area contributed by atoms with Gasteiger partial charge in [-0.1, -0.05) is 30.0 Å². The van der Waals surface area contributed by atoms with E-state index in [1.54, 1.807) is 11.8 Å². The van der Waals surface area contributed by atoms with Gasteiger partial charge in [-0.2, -0.15) is 0 Å². The summed E-state index contributed by atoms with van der Waals surface area (Å²) >= 11 is 1.64. The molecule has 7 heteroatoms. The lowest BCUT2D eigenvalue weighted by Gasteiger charge is -2.09. The fourth-order valence-electron chi connectivity index (χ4n) is 2.32. The third-order valence-corrected chi connectivity index (χ3v) is 4.48. The molecule has 6 nitrogen and oxygen atoms in total. The number of nitrogens with zero attached hydrogens (tertiary/aromatic N) is 3. The zero-order valence-corrected chi connectivity index (χ0v) is 13.7. The molecule has 1 amide bonds. The van der Waals surface area contributed by atoms with Crippen molar-refractivity contribution in [2.24, 2.45) is 5.73 Å². The first-order valence-electron chi connectivity index (χ1n) is 7.77. The predicted molar refractivity (Wildman–Crippen MR) is 88.5 cm³/mol. The number of carbonyl (C=O) groups is 1. The number of benzene rings is 1. The standard InChI is InChI=1S/C16H20N4O2S/c17-14(21)8-9-15-18-19-16(20(15)12-6-7-12)23-11-10-22-13-4-2-1-3-5-13/h1-5,12H,6-11H2,(H2,17,21). The number of aryl methyl sites for hydroxylation is 1. The molecule has 1 heterocycles. The van der Waals surface area contributed by atoms with Crippen LogP contribution < -0.4 is 10.5 Å². The van der Waals surface area contributed by atoms with Crippen molar-refractivity contribution in [1.29, 1.82) is 0 Å². The highest BCUT2D eigenvalue weighted by Gasteiger charge is 2.29. The van der Waals surface area contributed by atoms with Crippen LogP contribution in [-0.2, 0) is 11.2 Å². The second-order valence-electron chi connectivity index (χ2n) is 5.48. The van der Waals surface area contributed by atoms with Crippen LogP contribution in [0.4, 0.5) is 0 Å². The topological polar surface area (TPSA) is 83.0 Å². The van der Waals surface area contributed by atoms with Crippen LogP contribution in [0.5, 0.6) is 5.75 Å². The molecule has 1 fully saturated rings. The van der Waals surface area contributed by atoms with Crippen LogP contribution in [-0.4, -0.2) is 33.0 Å². The molecular weight excluding hydrogens is 312 g/mol. The Labute approximate surface area is 139 Å². The third kappa shape index (κ3) is 4.48. The van der Waals surface area contributed by atoms with Gasteiger partial charge in [0.05, 0.1) is 6.61 Å². The number of para-hydroxylation sites is 1. The molecule has 0 atom stereocenters. The van der Waals surface area contributed by atoms with Crippen LogP contribution >= 0.6 is 11.8 Å². The summed E-state index contributed by atoms with van der Waals surface area (Å²) in [4.78, 5) is 11.0. The molecule has 1 aromatic carbocycles. The van der Waals surface area contributed by atoms with Crippen LogP contribution in [0.15, 0.2) is 35.5 Å². The van der Waals surface area contributed by atoms with Crippen LogP contribution in [0.3, 0.4) is 0 Å². The molecule has 1 aromatic heterocycles. The van der Waals surface area contributed by atoms with E-state index < -0.39 is 0 Å². The van der Waals surface area contributed by atoms with Gasteiger partial charge in [-0.25, -0.2) is 0 Å². The minimum Gasteiger partial charge on any atom is -0.493 e. The smallest absolute Gasteiger partial charge is 0.217 e. The van der Waals surface area contributed by atoms with Crippen LogP contribution in [0.2, 0.25) is 0 Å². The van der Waals surface area contributed by atoms with Crippen molar-refractivity contribution >= 4 is 17.7 Å². The van der Waals surface area contributed by atoms with E-state index in [9.17, 15) is 4.79 Å². The molecule has 0 unspecified atom stereocenters. The summed E-state index contributed by atoms with van der Waals surface area (Å²) in [6.07, 6.45) is 3.16. The molecule has 0 radical (unpaired) electrons. The van der Waals surface area contributed by atoms with Crippen molar-refractivity contribution in [2.75, 3.05) is 12.4 Å². The lowest BCUT2D eigenvalue weighted by molar-refractivity contribution is -0.118. The van der Waals surface area contributed by atoms with E-state index >= 15 is 0 Å². The Balaban J connectivity index is 1.54. The highest BCUT2D eigenvalue weighted by atomic mass is 32.2. The van der Waals surface area contributed by atoms with Gasteiger partial charge in [0.2, 0.25) is 5.91 Å². The fraction of sp³-hybridized carbons (Fsp3) is 0.438. The van der Waals surface area contributed by atoms with Crippen molar-refractivity contribution in [3.05, 3.63) is 36.2 Å². The minimum atomic E-state index is -0.305. The van der Waals surface area contributed by atoms with Crippen LogP contribution in [0.1, 0.15) is 31.1 Å². The van der Waals surface area contributed by atoms with Gasteiger partial charge in [-0.15, -0.1) is 10.2 Å². The highest BCUT2D eigenvalue weighted by molar-refractivity contribution is 7.99. The maximum Gasteiger partial charge on any atom is 0.217 e. The number of hydrogen-bond donors (Lipinski definition) is 1. The Hall–Kier alpha value is -2.02. The number of rotatable bonds is 9. The van der Waals surface area contributed by atoms with Crippen molar-refractivity contribution < 1.29 is 9.53 Å². The molecule has 2 N–H and O–H groups in total. The number of ether oxygens (including phenoxy) is 1. The van der Waals surface area contributed by atoms with Crippen molar-refractivity contribution in [2.45, 2.75) is 36.9 Å². The lowest BCUT2D eigenvalue weighted by atomic mass is 10.3. The van der Waals surface area contributed by atoms with Gasteiger partial charge in [0.1, 0.15) is 11.6 Å². The lowest BCUT2D eigenvalue weighted by Crippen LogP contribution is -2.13. The average Bonchev–Trinajstić information content (AvgIpc) is 3.31. The van der Waals surface area contributed by atoms with Crippen LogP contribution in [0.25, 0.3) is 0 Å². The predicted octanol–water partition coefficient (Wildman–Crippen LogP) is 2.20. The monoisotopic (exact) mass is 332 g/mol. The van der Waals surface area contributed by atoms with Crippen molar-refractivity contribution in [3.8, 4) is 5.75 Å². The molecule has 23 heavy (non-hydrogen) atoms. The molecular formula is C16H20N4O2S. The van der Waals surface area contributed by atoms with Gasteiger partial charge in [-0.3, -0.25) is 4.79 Å². The van der Waals surface area contributed by atoms with Gasteiger partial charge >= 0.3 is 0 Å². The number of primary amides is 1. The summed E-state index contributed by atoms with van der Waals surface area (Å²) in [5, 5.41) is 9.40. The molecule has 1 saturated carbocycles. The minimum absolute atomic E-state index is 0.305. The van der Waals surface area contributed by atoms with E-state index in [2.05, 4.69) is 14.8 Å². The molecule has 0 spiro atoms. The summed E-state index contributed by atoms with van der Waals surface area (Å²) in [5.74, 6) is 2.23. The number of thioether (sulfide) groups is 1. The SMILES string of the molecule is NC(=O)CCc1nnc(SCCOc2ccccc2)n1C1CC1. The average molecular weight is 332 g/mol. The molecule has 122 valence electrons. The molecule has 0 bridgehead atoms. The normalized spacial score (nSPS) is 13.9. The zero-order chi connectivity index (χ0) is 16.1. The highest BCUT2D eigenvalue weighted by Crippen LogP contribution is 2.38. The molecule has 1 aliphatic carbocycles. The Morgan fingerprint density at radius 2 is 2.09 bits per heavy atom. The second-order valence-corrected chi connectivity index (χ2v) is 6.54. The largest absolute Gasteiger partial charge is 0.493 e. The molecule has 0 saturated heterocycles. The first-order valence-corrected chi connectivity index (χ1v) is 8.75. The van der Waals surface area contributed by atoms with E-state index in [1.807, 2.05) is 30.3 Å². The molecule has 3 rings (SSSR count). The van der Waals surface area contributed by atoms with E-state index in [0.29, 0.717) is 25.5 Å². The van der Waals surface area contributed by atoms with Gasteiger partial charge in [0, 0.05) is 24.6 Å². The number of hydrogen-bond acceptors (Lipinski definition) is 5. The van der Waals surface area contributed by atoms with Gasteiger partial charge in [0.25, 0.3) is 0 Å².